The average Bonchev–Trinajstić information content (AvgIpc) is 2.69. The molecule has 3 N–H and O–H groups in total. The summed E-state index contributed by atoms with van der Waals surface area (Å²) in [5.74, 6) is -0.715. The molecule has 0 saturated carbocycles. The fourth-order valence-electron chi connectivity index (χ4n) is 2.69. The van der Waals surface area contributed by atoms with E-state index in [0.717, 1.165) is 17.7 Å². The highest BCUT2D eigenvalue weighted by atomic mass is 19.4. The molecule has 0 aromatic heterocycles. The van der Waals surface area contributed by atoms with E-state index >= 15 is 0 Å². The number of hydrogen-bond acceptors (Lipinski definition) is 5. The number of rotatable bonds is 8. The van der Waals surface area contributed by atoms with E-state index in [1.54, 1.807) is 26.0 Å². The molecule has 8 nitrogen and oxygen atoms in total. The van der Waals surface area contributed by atoms with Gasteiger partial charge in [0.15, 0.2) is 0 Å². The molecule has 11 heteroatoms. The number of nitrogens with one attached hydrogen (secondary N) is 3. The van der Waals surface area contributed by atoms with E-state index < -0.39 is 28.3 Å². The Morgan fingerprint density at radius 1 is 1.10 bits per heavy atom. The van der Waals surface area contributed by atoms with Crippen molar-refractivity contribution in [1.82, 2.24) is 5.32 Å². The van der Waals surface area contributed by atoms with Crippen molar-refractivity contribution < 1.29 is 27.7 Å². The molecule has 2 rings (SSSR count). The van der Waals surface area contributed by atoms with E-state index in [2.05, 4.69) is 16.0 Å². The second-order valence-electron chi connectivity index (χ2n) is 6.60. The van der Waals surface area contributed by atoms with Crippen molar-refractivity contribution in [3.63, 3.8) is 0 Å². The highest BCUT2D eigenvalue weighted by Gasteiger charge is 2.33. The quantitative estimate of drug-likeness (QED) is 0.424. The van der Waals surface area contributed by atoms with E-state index in [4.69, 9.17) is 0 Å². The first-order chi connectivity index (χ1) is 14.5. The maximum atomic E-state index is 12.8. The minimum absolute atomic E-state index is 0.0485. The normalized spacial score (nSPS) is 11.0. The number of benzene rings is 2. The molecular weight excluding hydrogens is 417 g/mol. The predicted molar refractivity (Wildman–Crippen MR) is 109 cm³/mol. The van der Waals surface area contributed by atoms with Gasteiger partial charge < -0.3 is 16.0 Å². The van der Waals surface area contributed by atoms with E-state index in [1.165, 1.54) is 6.07 Å². The number of nitro groups is 1. The molecular formula is C20H21F3N4O4. The lowest BCUT2D eigenvalue weighted by Crippen LogP contribution is -2.23. The topological polar surface area (TPSA) is 113 Å². The largest absolute Gasteiger partial charge is 0.416 e. The Bertz CT molecular complexity index is 993. The number of nitro benzene ring substituents is 1. The number of aryl methyl sites for hydroxylation is 1. The molecule has 0 bridgehead atoms. The minimum atomic E-state index is -4.70. The van der Waals surface area contributed by atoms with E-state index in [-0.39, 0.29) is 24.6 Å². The Morgan fingerprint density at radius 3 is 2.42 bits per heavy atom. The summed E-state index contributed by atoms with van der Waals surface area (Å²) in [4.78, 5) is 34.3. The van der Waals surface area contributed by atoms with Crippen LogP contribution in [-0.2, 0) is 11.0 Å². The molecule has 2 amide bonds. The summed E-state index contributed by atoms with van der Waals surface area (Å²) in [6, 6.07) is 6.97. The maximum Gasteiger partial charge on any atom is 0.416 e. The molecule has 2 aromatic rings. The molecule has 0 spiro atoms. The number of halogens is 3. The Labute approximate surface area is 176 Å². The van der Waals surface area contributed by atoms with Gasteiger partial charge in [0.2, 0.25) is 5.91 Å². The molecule has 0 fully saturated rings. The third-order valence-corrected chi connectivity index (χ3v) is 4.30. The third kappa shape index (κ3) is 6.43. The Hall–Kier alpha value is -3.63. The number of carbonyl (C=O) groups excluding carboxylic acids is 2. The zero-order chi connectivity index (χ0) is 23.2. The minimum Gasteiger partial charge on any atom is -0.379 e. The lowest BCUT2D eigenvalue weighted by atomic mass is 10.1. The van der Waals surface area contributed by atoms with Gasteiger partial charge in [-0.15, -0.1) is 0 Å². The summed E-state index contributed by atoms with van der Waals surface area (Å²) >= 11 is 0. The standard InChI is InChI=1S/C20H21F3N4O4/c1-3-24-19(29)13-5-4-12(2)16(10-13)26-18(28)8-9-25-15-7-6-14(20(21,22)23)11-17(15)27(30)31/h4-7,10-11,25H,3,8-9H2,1-2H3,(H,24,29)(H,26,28). The van der Waals surface area contributed by atoms with Gasteiger partial charge in [0.05, 0.1) is 10.5 Å². The summed E-state index contributed by atoms with van der Waals surface area (Å²) in [7, 11) is 0. The number of alkyl halides is 3. The fraction of sp³-hybridized carbons (Fsp3) is 0.300. The van der Waals surface area contributed by atoms with E-state index in [9.17, 15) is 32.9 Å². The zero-order valence-electron chi connectivity index (χ0n) is 16.8. The predicted octanol–water partition coefficient (Wildman–Crippen LogP) is 4.11. The first kappa shape index (κ1) is 23.6. The van der Waals surface area contributed by atoms with Crippen LogP contribution in [-0.4, -0.2) is 29.8 Å². The van der Waals surface area contributed by atoms with Crippen LogP contribution in [0.1, 0.15) is 34.8 Å². The molecule has 166 valence electrons. The summed E-state index contributed by atoms with van der Waals surface area (Å²) in [5.41, 5.74) is -0.450. The van der Waals surface area contributed by atoms with Crippen LogP contribution in [0.3, 0.4) is 0 Å². The van der Waals surface area contributed by atoms with Crippen LogP contribution in [0.5, 0.6) is 0 Å². The summed E-state index contributed by atoms with van der Waals surface area (Å²) in [5, 5.41) is 19.0. The van der Waals surface area contributed by atoms with Crippen LogP contribution >= 0.6 is 0 Å². The van der Waals surface area contributed by atoms with Crippen LogP contribution in [0, 0.1) is 17.0 Å². The van der Waals surface area contributed by atoms with Gasteiger partial charge in [-0.3, -0.25) is 19.7 Å². The van der Waals surface area contributed by atoms with Crippen LogP contribution in [0.15, 0.2) is 36.4 Å². The molecule has 0 aliphatic carbocycles. The van der Waals surface area contributed by atoms with Crippen molar-refractivity contribution in [1.29, 1.82) is 0 Å². The van der Waals surface area contributed by atoms with E-state index in [1.807, 2.05) is 0 Å². The summed E-state index contributed by atoms with van der Waals surface area (Å²) in [6.45, 7) is 3.94. The highest BCUT2D eigenvalue weighted by Crippen LogP contribution is 2.34. The van der Waals surface area contributed by atoms with Gasteiger partial charge >= 0.3 is 6.18 Å². The second-order valence-corrected chi connectivity index (χ2v) is 6.60. The zero-order valence-corrected chi connectivity index (χ0v) is 16.8. The molecule has 2 aromatic carbocycles. The Morgan fingerprint density at radius 2 is 1.81 bits per heavy atom. The lowest BCUT2D eigenvalue weighted by Gasteiger charge is -2.12. The van der Waals surface area contributed by atoms with E-state index in [0.29, 0.717) is 23.9 Å². The van der Waals surface area contributed by atoms with Gasteiger partial charge in [0, 0.05) is 36.8 Å². The molecule has 0 aliphatic rings. The smallest absolute Gasteiger partial charge is 0.379 e. The average molecular weight is 438 g/mol. The molecule has 0 heterocycles. The van der Waals surface area contributed by atoms with Gasteiger partial charge in [-0.2, -0.15) is 13.2 Å². The van der Waals surface area contributed by atoms with Crippen LogP contribution in [0.2, 0.25) is 0 Å². The van der Waals surface area contributed by atoms with Crippen molar-refractivity contribution >= 4 is 28.9 Å². The van der Waals surface area contributed by atoms with Crippen molar-refractivity contribution in [3.8, 4) is 0 Å². The van der Waals surface area contributed by atoms with Crippen LogP contribution in [0.25, 0.3) is 0 Å². The number of anilines is 2. The molecule has 0 atom stereocenters. The number of nitrogens with zero attached hydrogens (tertiary/aromatic N) is 1. The maximum absolute atomic E-state index is 12.8. The molecule has 0 saturated heterocycles. The van der Waals surface area contributed by atoms with Crippen molar-refractivity contribution in [3.05, 3.63) is 63.2 Å². The second kappa shape index (κ2) is 9.92. The number of amides is 2. The van der Waals surface area contributed by atoms with Crippen LogP contribution in [0.4, 0.5) is 30.2 Å². The van der Waals surface area contributed by atoms with Gasteiger partial charge in [-0.25, -0.2) is 0 Å². The SMILES string of the molecule is CCNC(=O)c1ccc(C)c(NC(=O)CCNc2ccc(C(F)(F)F)cc2[N+](=O)[O-])c1. The monoisotopic (exact) mass is 438 g/mol. The Kier molecular flexibility index (Phi) is 7.56. The van der Waals surface area contributed by atoms with Gasteiger partial charge in [-0.1, -0.05) is 6.07 Å². The first-order valence-corrected chi connectivity index (χ1v) is 9.31. The van der Waals surface area contributed by atoms with Gasteiger partial charge in [-0.05, 0) is 43.7 Å². The number of carbonyl (C=O) groups is 2. The summed E-state index contributed by atoms with van der Waals surface area (Å²) < 4.78 is 38.3. The fourth-order valence-corrected chi connectivity index (χ4v) is 2.69. The Balaban J connectivity index is 2.02. The number of hydrogen-bond donors (Lipinski definition) is 3. The van der Waals surface area contributed by atoms with Gasteiger partial charge in [0.25, 0.3) is 11.6 Å². The van der Waals surface area contributed by atoms with Crippen LogP contribution < -0.4 is 16.0 Å². The molecule has 0 aliphatic heterocycles. The first-order valence-electron chi connectivity index (χ1n) is 9.31. The summed E-state index contributed by atoms with van der Waals surface area (Å²) in [6.07, 6.45) is -4.81. The highest BCUT2D eigenvalue weighted by molar-refractivity contribution is 5.97. The van der Waals surface area contributed by atoms with Crippen molar-refractivity contribution in [2.75, 3.05) is 23.7 Å². The molecule has 31 heavy (non-hydrogen) atoms. The van der Waals surface area contributed by atoms with Gasteiger partial charge in [0.1, 0.15) is 5.69 Å². The lowest BCUT2D eigenvalue weighted by molar-refractivity contribution is -0.384. The molecule has 0 radical (unpaired) electrons. The third-order valence-electron chi connectivity index (χ3n) is 4.30. The van der Waals surface area contributed by atoms with Crippen molar-refractivity contribution in [2.45, 2.75) is 26.4 Å². The molecule has 0 unspecified atom stereocenters. The van der Waals surface area contributed by atoms with Crippen molar-refractivity contribution in [2.24, 2.45) is 0 Å².